The van der Waals surface area contributed by atoms with E-state index in [0.29, 0.717) is 12.6 Å². The highest BCUT2D eigenvalue weighted by atomic mass is 32.2. The van der Waals surface area contributed by atoms with Gasteiger partial charge in [0.05, 0.1) is 6.61 Å². The molecule has 1 N–H and O–H groups in total. The lowest BCUT2D eigenvalue weighted by Crippen LogP contribution is -2.39. The summed E-state index contributed by atoms with van der Waals surface area (Å²) < 4.78 is 5.15. The van der Waals surface area contributed by atoms with Crippen molar-refractivity contribution in [1.82, 2.24) is 5.32 Å². The molecule has 2 aliphatic rings. The predicted octanol–water partition coefficient (Wildman–Crippen LogP) is 2.98. The molecule has 110 valence electrons. The third-order valence-corrected chi connectivity index (χ3v) is 5.20. The Bertz CT molecular complexity index is 275. The predicted molar refractivity (Wildman–Crippen MR) is 80.5 cm³/mol. The molecule has 0 aliphatic heterocycles. The number of rotatable bonds is 9. The number of hydrogen-bond donors (Lipinski definition) is 1. The van der Waals surface area contributed by atoms with Crippen LogP contribution in [-0.2, 0) is 9.53 Å². The van der Waals surface area contributed by atoms with E-state index >= 15 is 0 Å². The maximum atomic E-state index is 11.9. The van der Waals surface area contributed by atoms with E-state index in [1.807, 2.05) is 18.7 Å². The summed E-state index contributed by atoms with van der Waals surface area (Å²) in [5.41, 5.74) is 0. The molecule has 0 saturated heterocycles. The molecule has 2 fully saturated rings. The first-order chi connectivity index (χ1) is 9.29. The minimum Gasteiger partial charge on any atom is -0.465 e. The van der Waals surface area contributed by atoms with Crippen LogP contribution in [-0.4, -0.2) is 36.2 Å². The molecule has 0 aromatic rings. The summed E-state index contributed by atoms with van der Waals surface area (Å²) in [6.07, 6.45) is 8.99. The van der Waals surface area contributed by atoms with Crippen LogP contribution in [0.15, 0.2) is 0 Å². The molecular formula is C15H27NO2S. The third kappa shape index (κ3) is 5.74. The van der Waals surface area contributed by atoms with Crippen LogP contribution < -0.4 is 5.32 Å². The summed E-state index contributed by atoms with van der Waals surface area (Å²) in [6.45, 7) is 2.36. The zero-order chi connectivity index (χ0) is 13.5. The topological polar surface area (TPSA) is 38.3 Å². The van der Waals surface area contributed by atoms with Gasteiger partial charge in [0.1, 0.15) is 6.04 Å². The number of hydrogen-bond acceptors (Lipinski definition) is 4. The van der Waals surface area contributed by atoms with Gasteiger partial charge in [-0.2, -0.15) is 11.8 Å². The van der Waals surface area contributed by atoms with Gasteiger partial charge in [0.15, 0.2) is 0 Å². The first kappa shape index (κ1) is 15.2. The van der Waals surface area contributed by atoms with Gasteiger partial charge in [-0.05, 0) is 56.5 Å². The van der Waals surface area contributed by atoms with E-state index in [-0.39, 0.29) is 12.0 Å². The SMILES string of the molecule is CCOC(=O)C(CCSCC1CCCC1)NC1CC1. The van der Waals surface area contributed by atoms with Crippen LogP contribution in [0, 0.1) is 5.92 Å². The summed E-state index contributed by atoms with van der Waals surface area (Å²) in [5.74, 6) is 3.22. The van der Waals surface area contributed by atoms with Gasteiger partial charge in [-0.25, -0.2) is 0 Å². The second-order valence-corrected chi connectivity index (χ2v) is 6.91. The highest BCUT2D eigenvalue weighted by molar-refractivity contribution is 7.99. The molecule has 2 saturated carbocycles. The van der Waals surface area contributed by atoms with Crippen LogP contribution in [0.5, 0.6) is 0 Å². The standard InChI is InChI=1S/C15H27NO2S/c1-2-18-15(17)14(16-13-7-8-13)9-10-19-11-12-5-3-4-6-12/h12-14,16H,2-11H2,1H3. The van der Waals surface area contributed by atoms with Gasteiger partial charge in [-0.1, -0.05) is 12.8 Å². The summed E-state index contributed by atoms with van der Waals surface area (Å²) in [6, 6.07) is 0.484. The zero-order valence-electron chi connectivity index (χ0n) is 12.0. The third-order valence-electron chi connectivity index (χ3n) is 3.96. The van der Waals surface area contributed by atoms with E-state index in [1.165, 1.54) is 44.3 Å². The summed E-state index contributed by atoms with van der Waals surface area (Å²) in [7, 11) is 0. The Morgan fingerprint density at radius 3 is 2.68 bits per heavy atom. The number of carbonyl (C=O) groups excluding carboxylic acids is 1. The maximum Gasteiger partial charge on any atom is 0.323 e. The van der Waals surface area contributed by atoms with E-state index in [2.05, 4.69) is 5.32 Å². The lowest BCUT2D eigenvalue weighted by Gasteiger charge is -2.17. The Balaban J connectivity index is 1.61. The van der Waals surface area contributed by atoms with Crippen molar-refractivity contribution < 1.29 is 9.53 Å². The molecule has 0 heterocycles. The van der Waals surface area contributed by atoms with E-state index < -0.39 is 0 Å². The number of carbonyl (C=O) groups is 1. The van der Waals surface area contributed by atoms with Crippen molar-refractivity contribution in [3.63, 3.8) is 0 Å². The molecule has 1 unspecified atom stereocenters. The van der Waals surface area contributed by atoms with Crippen molar-refractivity contribution in [1.29, 1.82) is 0 Å². The van der Waals surface area contributed by atoms with Gasteiger partial charge >= 0.3 is 5.97 Å². The molecule has 0 radical (unpaired) electrons. The molecule has 0 bridgehead atoms. The van der Waals surface area contributed by atoms with E-state index in [4.69, 9.17) is 4.74 Å². The van der Waals surface area contributed by atoms with Gasteiger partial charge in [0.25, 0.3) is 0 Å². The van der Waals surface area contributed by atoms with Gasteiger partial charge in [0, 0.05) is 6.04 Å². The molecule has 3 nitrogen and oxygen atoms in total. The Morgan fingerprint density at radius 2 is 2.05 bits per heavy atom. The fraction of sp³-hybridized carbons (Fsp3) is 0.933. The smallest absolute Gasteiger partial charge is 0.323 e. The van der Waals surface area contributed by atoms with E-state index in [1.54, 1.807) is 0 Å². The van der Waals surface area contributed by atoms with Crippen LogP contribution in [0.25, 0.3) is 0 Å². The lowest BCUT2D eigenvalue weighted by atomic mass is 10.1. The molecule has 0 aromatic heterocycles. The van der Waals surface area contributed by atoms with Crippen molar-refractivity contribution in [2.75, 3.05) is 18.1 Å². The number of ether oxygens (including phenoxy) is 1. The molecule has 2 aliphatic carbocycles. The molecule has 4 heteroatoms. The number of nitrogens with one attached hydrogen (secondary N) is 1. The molecule has 0 amide bonds. The lowest BCUT2D eigenvalue weighted by molar-refractivity contribution is -0.145. The average Bonchev–Trinajstić information content (AvgIpc) is 3.07. The van der Waals surface area contributed by atoms with Crippen LogP contribution in [0.1, 0.15) is 51.9 Å². The van der Waals surface area contributed by atoms with Gasteiger partial charge in [-0.3, -0.25) is 4.79 Å². The van der Waals surface area contributed by atoms with E-state index in [9.17, 15) is 4.79 Å². The second kappa shape index (κ2) is 8.15. The van der Waals surface area contributed by atoms with Gasteiger partial charge in [-0.15, -0.1) is 0 Å². The van der Waals surface area contributed by atoms with Crippen LogP contribution in [0.2, 0.25) is 0 Å². The first-order valence-corrected chi connectivity index (χ1v) is 8.95. The summed E-state index contributed by atoms with van der Waals surface area (Å²) >= 11 is 2.01. The molecule has 1 atom stereocenters. The van der Waals surface area contributed by atoms with Crippen molar-refractivity contribution in [3.05, 3.63) is 0 Å². The maximum absolute atomic E-state index is 11.9. The van der Waals surface area contributed by atoms with Crippen molar-refractivity contribution in [2.24, 2.45) is 5.92 Å². The highest BCUT2D eigenvalue weighted by Crippen LogP contribution is 2.28. The Morgan fingerprint density at radius 1 is 1.32 bits per heavy atom. The van der Waals surface area contributed by atoms with Crippen LogP contribution in [0.3, 0.4) is 0 Å². The van der Waals surface area contributed by atoms with Gasteiger partial charge < -0.3 is 10.1 Å². The largest absolute Gasteiger partial charge is 0.465 e. The average molecular weight is 285 g/mol. The number of esters is 1. The summed E-state index contributed by atoms with van der Waals surface area (Å²) in [5, 5.41) is 3.42. The fourth-order valence-corrected chi connectivity index (χ4v) is 3.91. The fourth-order valence-electron chi connectivity index (χ4n) is 2.67. The second-order valence-electron chi connectivity index (χ2n) is 5.76. The van der Waals surface area contributed by atoms with Crippen molar-refractivity contribution >= 4 is 17.7 Å². The number of thioether (sulfide) groups is 1. The molecular weight excluding hydrogens is 258 g/mol. The minimum absolute atomic E-state index is 0.0594. The zero-order valence-corrected chi connectivity index (χ0v) is 12.8. The normalized spacial score (nSPS) is 21.5. The molecule has 2 rings (SSSR count). The monoisotopic (exact) mass is 285 g/mol. The summed E-state index contributed by atoms with van der Waals surface area (Å²) in [4.78, 5) is 11.9. The molecule has 0 spiro atoms. The van der Waals surface area contributed by atoms with Crippen LogP contribution in [0.4, 0.5) is 0 Å². The van der Waals surface area contributed by atoms with Crippen molar-refractivity contribution in [3.8, 4) is 0 Å². The Hall–Kier alpha value is -0.220. The van der Waals surface area contributed by atoms with Crippen LogP contribution >= 0.6 is 11.8 Å². The van der Waals surface area contributed by atoms with Gasteiger partial charge in [0.2, 0.25) is 0 Å². The Labute approximate surface area is 121 Å². The minimum atomic E-state index is -0.0801. The molecule has 19 heavy (non-hydrogen) atoms. The quantitative estimate of drug-likeness (QED) is 0.522. The highest BCUT2D eigenvalue weighted by Gasteiger charge is 2.28. The first-order valence-electron chi connectivity index (χ1n) is 7.80. The molecule has 0 aromatic carbocycles. The van der Waals surface area contributed by atoms with E-state index in [0.717, 1.165) is 18.1 Å². The van der Waals surface area contributed by atoms with Crippen molar-refractivity contribution in [2.45, 2.75) is 64.0 Å². The Kier molecular flexibility index (Phi) is 6.51.